The molecule has 0 aliphatic rings. The monoisotopic (exact) mass is 317 g/mol. The smallest absolute Gasteiger partial charge is 0.261 e. The van der Waals surface area contributed by atoms with E-state index in [0.29, 0.717) is 17.3 Å². The first-order valence-corrected chi connectivity index (χ1v) is 7.60. The van der Waals surface area contributed by atoms with Gasteiger partial charge in [-0.05, 0) is 49.6 Å². The van der Waals surface area contributed by atoms with Crippen molar-refractivity contribution in [2.75, 3.05) is 0 Å². The number of aryl methyl sites for hydroxylation is 2. The zero-order valence-electron chi connectivity index (χ0n) is 13.0. The van der Waals surface area contributed by atoms with Crippen LogP contribution < -0.4 is 10.1 Å². The van der Waals surface area contributed by atoms with Gasteiger partial charge in [0, 0.05) is 6.54 Å². The minimum Gasteiger partial charge on any atom is -0.479 e. The van der Waals surface area contributed by atoms with E-state index < -0.39 is 6.10 Å². The lowest BCUT2D eigenvalue weighted by molar-refractivity contribution is -0.127. The van der Waals surface area contributed by atoms with E-state index in [-0.39, 0.29) is 5.91 Å². The van der Waals surface area contributed by atoms with Crippen molar-refractivity contribution in [3.8, 4) is 5.75 Å². The van der Waals surface area contributed by atoms with Gasteiger partial charge in [0.25, 0.3) is 5.91 Å². The Bertz CT molecular complexity index is 670. The van der Waals surface area contributed by atoms with Gasteiger partial charge >= 0.3 is 0 Å². The normalized spacial score (nSPS) is 11.8. The standard InChI is InChI=1S/C18H20ClNO2/c1-12-8-9-16(19)17(10-12)22-14(3)18(21)20-11-15-7-5-4-6-13(15)2/h4-10,14H,11H2,1-3H3,(H,20,21). The summed E-state index contributed by atoms with van der Waals surface area (Å²) < 4.78 is 5.66. The quantitative estimate of drug-likeness (QED) is 0.903. The molecule has 3 nitrogen and oxygen atoms in total. The third-order valence-electron chi connectivity index (χ3n) is 3.47. The summed E-state index contributed by atoms with van der Waals surface area (Å²) in [5, 5.41) is 3.39. The molecule has 0 saturated heterocycles. The van der Waals surface area contributed by atoms with E-state index in [4.69, 9.17) is 16.3 Å². The molecule has 0 spiro atoms. The van der Waals surface area contributed by atoms with Gasteiger partial charge in [0.2, 0.25) is 0 Å². The maximum absolute atomic E-state index is 12.1. The van der Waals surface area contributed by atoms with E-state index in [2.05, 4.69) is 5.32 Å². The van der Waals surface area contributed by atoms with E-state index in [0.717, 1.165) is 16.7 Å². The minimum absolute atomic E-state index is 0.166. The molecule has 0 saturated carbocycles. The van der Waals surface area contributed by atoms with Gasteiger partial charge in [-0.2, -0.15) is 0 Å². The van der Waals surface area contributed by atoms with Gasteiger partial charge in [-0.25, -0.2) is 0 Å². The second-order valence-electron chi connectivity index (χ2n) is 5.34. The van der Waals surface area contributed by atoms with E-state index in [9.17, 15) is 4.79 Å². The van der Waals surface area contributed by atoms with Crippen LogP contribution >= 0.6 is 11.6 Å². The predicted molar refractivity (Wildman–Crippen MR) is 89.3 cm³/mol. The average Bonchev–Trinajstić information content (AvgIpc) is 2.49. The van der Waals surface area contributed by atoms with Crippen LogP contribution in [0.25, 0.3) is 0 Å². The number of rotatable bonds is 5. The van der Waals surface area contributed by atoms with Crippen LogP contribution in [0.2, 0.25) is 5.02 Å². The van der Waals surface area contributed by atoms with Crippen molar-refractivity contribution < 1.29 is 9.53 Å². The van der Waals surface area contributed by atoms with Crippen LogP contribution in [0.4, 0.5) is 0 Å². The number of benzene rings is 2. The molecular formula is C18H20ClNO2. The Morgan fingerprint density at radius 1 is 1.23 bits per heavy atom. The Morgan fingerprint density at radius 3 is 2.68 bits per heavy atom. The van der Waals surface area contributed by atoms with Gasteiger partial charge in [0.15, 0.2) is 6.10 Å². The second kappa shape index (κ2) is 7.32. The first kappa shape index (κ1) is 16.4. The average molecular weight is 318 g/mol. The molecule has 1 N–H and O–H groups in total. The molecule has 1 amide bonds. The van der Waals surface area contributed by atoms with Crippen molar-refractivity contribution in [2.24, 2.45) is 0 Å². The third kappa shape index (κ3) is 4.25. The molecule has 0 aromatic heterocycles. The van der Waals surface area contributed by atoms with E-state index in [1.807, 2.05) is 50.2 Å². The summed E-state index contributed by atoms with van der Waals surface area (Å²) in [5.41, 5.74) is 3.28. The number of amides is 1. The molecule has 2 aromatic carbocycles. The summed E-state index contributed by atoms with van der Waals surface area (Å²) in [6.45, 7) is 6.17. The van der Waals surface area contributed by atoms with Gasteiger partial charge in [-0.1, -0.05) is 41.9 Å². The Labute approximate surface area is 136 Å². The van der Waals surface area contributed by atoms with Crippen LogP contribution in [-0.2, 0) is 11.3 Å². The lowest BCUT2D eigenvalue weighted by Gasteiger charge is -2.16. The number of nitrogens with one attached hydrogen (secondary N) is 1. The van der Waals surface area contributed by atoms with Crippen LogP contribution in [0.3, 0.4) is 0 Å². The molecule has 2 rings (SSSR count). The Balaban J connectivity index is 1.95. The summed E-state index contributed by atoms with van der Waals surface area (Å²) in [6, 6.07) is 13.5. The fourth-order valence-corrected chi connectivity index (χ4v) is 2.24. The van der Waals surface area contributed by atoms with E-state index >= 15 is 0 Å². The van der Waals surface area contributed by atoms with Gasteiger partial charge in [-0.15, -0.1) is 0 Å². The molecule has 0 heterocycles. The van der Waals surface area contributed by atoms with Crippen molar-refractivity contribution >= 4 is 17.5 Å². The van der Waals surface area contributed by atoms with Crippen LogP contribution in [0.1, 0.15) is 23.6 Å². The SMILES string of the molecule is Cc1ccc(Cl)c(OC(C)C(=O)NCc2ccccc2C)c1. The highest BCUT2D eigenvalue weighted by Gasteiger charge is 2.16. The highest BCUT2D eigenvalue weighted by molar-refractivity contribution is 6.32. The molecule has 1 unspecified atom stereocenters. The van der Waals surface area contributed by atoms with Crippen molar-refractivity contribution in [3.05, 3.63) is 64.2 Å². The lowest BCUT2D eigenvalue weighted by Crippen LogP contribution is -2.36. The van der Waals surface area contributed by atoms with Crippen molar-refractivity contribution in [2.45, 2.75) is 33.4 Å². The van der Waals surface area contributed by atoms with Gasteiger partial charge < -0.3 is 10.1 Å². The number of hydrogen-bond acceptors (Lipinski definition) is 2. The molecule has 0 aliphatic carbocycles. The topological polar surface area (TPSA) is 38.3 Å². The van der Waals surface area contributed by atoms with Gasteiger partial charge in [0.1, 0.15) is 5.75 Å². The molecular weight excluding hydrogens is 298 g/mol. The Morgan fingerprint density at radius 2 is 1.95 bits per heavy atom. The number of hydrogen-bond donors (Lipinski definition) is 1. The minimum atomic E-state index is -0.608. The molecule has 0 bridgehead atoms. The number of carbonyl (C=O) groups excluding carboxylic acids is 1. The van der Waals surface area contributed by atoms with Gasteiger partial charge in [-0.3, -0.25) is 4.79 Å². The molecule has 22 heavy (non-hydrogen) atoms. The number of ether oxygens (including phenoxy) is 1. The van der Waals surface area contributed by atoms with E-state index in [1.54, 1.807) is 13.0 Å². The fourth-order valence-electron chi connectivity index (χ4n) is 2.08. The number of halogens is 1. The molecule has 1 atom stereocenters. The van der Waals surface area contributed by atoms with E-state index in [1.165, 1.54) is 0 Å². The van der Waals surface area contributed by atoms with Crippen LogP contribution in [-0.4, -0.2) is 12.0 Å². The second-order valence-corrected chi connectivity index (χ2v) is 5.75. The maximum Gasteiger partial charge on any atom is 0.261 e. The zero-order chi connectivity index (χ0) is 16.1. The lowest BCUT2D eigenvalue weighted by atomic mass is 10.1. The van der Waals surface area contributed by atoms with Crippen LogP contribution in [0, 0.1) is 13.8 Å². The summed E-state index contributed by atoms with van der Waals surface area (Å²) in [4.78, 5) is 12.1. The Kier molecular flexibility index (Phi) is 5.45. The third-order valence-corrected chi connectivity index (χ3v) is 3.79. The highest BCUT2D eigenvalue weighted by atomic mass is 35.5. The van der Waals surface area contributed by atoms with Crippen molar-refractivity contribution in [3.63, 3.8) is 0 Å². The van der Waals surface area contributed by atoms with Crippen LogP contribution in [0.15, 0.2) is 42.5 Å². The summed E-state index contributed by atoms with van der Waals surface area (Å²) >= 11 is 6.08. The first-order valence-electron chi connectivity index (χ1n) is 7.22. The molecule has 0 radical (unpaired) electrons. The molecule has 2 aromatic rings. The summed E-state index contributed by atoms with van der Waals surface area (Å²) in [7, 11) is 0. The van der Waals surface area contributed by atoms with Crippen molar-refractivity contribution in [1.82, 2.24) is 5.32 Å². The Hall–Kier alpha value is -2.00. The molecule has 0 fully saturated rings. The fraction of sp³-hybridized carbons (Fsp3) is 0.278. The molecule has 0 aliphatic heterocycles. The molecule has 4 heteroatoms. The van der Waals surface area contributed by atoms with Gasteiger partial charge in [0.05, 0.1) is 5.02 Å². The number of carbonyl (C=O) groups is 1. The highest BCUT2D eigenvalue weighted by Crippen LogP contribution is 2.26. The predicted octanol–water partition coefficient (Wildman–Crippen LogP) is 4.04. The first-order chi connectivity index (χ1) is 10.5. The summed E-state index contributed by atoms with van der Waals surface area (Å²) in [5.74, 6) is 0.362. The molecule has 116 valence electrons. The van der Waals surface area contributed by atoms with Crippen LogP contribution in [0.5, 0.6) is 5.75 Å². The largest absolute Gasteiger partial charge is 0.479 e. The van der Waals surface area contributed by atoms with Crippen molar-refractivity contribution in [1.29, 1.82) is 0 Å². The summed E-state index contributed by atoms with van der Waals surface area (Å²) in [6.07, 6.45) is -0.608. The maximum atomic E-state index is 12.1. The zero-order valence-corrected chi connectivity index (χ0v) is 13.8.